The van der Waals surface area contributed by atoms with Gasteiger partial charge in [0.2, 0.25) is 11.0 Å². The van der Waals surface area contributed by atoms with E-state index in [4.69, 9.17) is 21.0 Å². The first-order valence-electron chi connectivity index (χ1n) is 11.5. The number of furan rings is 1. The minimum absolute atomic E-state index is 0.132. The second kappa shape index (κ2) is 8.26. The molecule has 0 amide bonds. The number of hydrogen-bond acceptors (Lipinski definition) is 5. The molecule has 0 atom stereocenters. The van der Waals surface area contributed by atoms with Gasteiger partial charge in [-0.15, -0.1) is 0 Å². The highest BCUT2D eigenvalue weighted by Gasteiger charge is 2.17. The van der Waals surface area contributed by atoms with Crippen LogP contribution in [0.15, 0.2) is 108 Å². The number of benzene rings is 4. The van der Waals surface area contributed by atoms with Crippen LogP contribution in [0, 0.1) is 0 Å². The van der Waals surface area contributed by atoms with E-state index in [2.05, 4.69) is 57.4 Å². The van der Waals surface area contributed by atoms with Crippen molar-refractivity contribution in [2.75, 3.05) is 0 Å². The van der Waals surface area contributed by atoms with Gasteiger partial charge in [0.1, 0.15) is 5.58 Å². The number of fused-ring (bicyclic) bond motifs is 4. The van der Waals surface area contributed by atoms with E-state index in [1.54, 1.807) is 6.20 Å². The number of rotatable bonds is 3. The molecule has 0 fully saturated rings. The summed E-state index contributed by atoms with van der Waals surface area (Å²) >= 11 is 6.40. The Morgan fingerprint density at radius 3 is 2.19 bits per heavy atom. The third-order valence-electron chi connectivity index (χ3n) is 6.33. The number of para-hydroxylation sites is 1. The smallest absolute Gasteiger partial charge is 0.228 e. The Kier molecular flexibility index (Phi) is 4.76. The van der Waals surface area contributed by atoms with Crippen LogP contribution in [0.1, 0.15) is 0 Å². The van der Waals surface area contributed by atoms with E-state index >= 15 is 0 Å². The van der Waals surface area contributed by atoms with E-state index in [1.807, 2.05) is 54.6 Å². The first-order chi connectivity index (χ1) is 17.7. The van der Waals surface area contributed by atoms with Gasteiger partial charge in [-0.1, -0.05) is 72.8 Å². The fourth-order valence-electron chi connectivity index (χ4n) is 4.63. The summed E-state index contributed by atoms with van der Waals surface area (Å²) in [5.74, 6) is 0.986. The second-order valence-electron chi connectivity index (χ2n) is 8.53. The Hall–Kier alpha value is -4.61. The van der Waals surface area contributed by atoms with Crippen molar-refractivity contribution in [2.45, 2.75) is 0 Å². The molecule has 3 aromatic heterocycles. The lowest BCUT2D eigenvalue weighted by Crippen LogP contribution is -1.98. The van der Waals surface area contributed by atoms with Crippen molar-refractivity contribution in [3.63, 3.8) is 0 Å². The molecule has 0 aliphatic carbocycles. The monoisotopic (exact) mass is 484 g/mol. The van der Waals surface area contributed by atoms with Crippen LogP contribution < -0.4 is 0 Å². The molecule has 5 nitrogen and oxygen atoms in total. The van der Waals surface area contributed by atoms with Gasteiger partial charge < -0.3 is 4.42 Å². The van der Waals surface area contributed by atoms with Crippen molar-refractivity contribution in [3.8, 4) is 33.9 Å². The Balaban J connectivity index is 1.35. The third-order valence-corrected chi connectivity index (χ3v) is 6.50. The zero-order valence-electron chi connectivity index (χ0n) is 18.9. The van der Waals surface area contributed by atoms with Gasteiger partial charge in [0.25, 0.3) is 0 Å². The van der Waals surface area contributed by atoms with Gasteiger partial charge in [0.05, 0.1) is 5.39 Å². The van der Waals surface area contributed by atoms with Crippen LogP contribution >= 0.6 is 11.6 Å². The zero-order valence-corrected chi connectivity index (χ0v) is 19.6. The molecule has 0 saturated heterocycles. The lowest BCUT2D eigenvalue weighted by Gasteiger charge is -2.08. The summed E-state index contributed by atoms with van der Waals surface area (Å²) in [6.45, 7) is 0. The van der Waals surface area contributed by atoms with E-state index in [1.165, 1.54) is 11.1 Å². The molecule has 0 saturated carbocycles. The highest BCUT2D eigenvalue weighted by Crippen LogP contribution is 2.35. The molecule has 170 valence electrons. The summed E-state index contributed by atoms with van der Waals surface area (Å²) in [7, 11) is 0. The Morgan fingerprint density at radius 1 is 0.611 bits per heavy atom. The first-order valence-corrected chi connectivity index (χ1v) is 11.9. The molecule has 0 aliphatic rings. The summed E-state index contributed by atoms with van der Waals surface area (Å²) < 4.78 is 5.93. The molecular weight excluding hydrogens is 468 g/mol. The molecule has 4 aromatic carbocycles. The number of halogens is 1. The average Bonchev–Trinajstić information content (AvgIpc) is 3.31. The minimum atomic E-state index is 0.132. The molecule has 0 unspecified atom stereocenters. The molecule has 6 heteroatoms. The van der Waals surface area contributed by atoms with Crippen molar-refractivity contribution < 1.29 is 4.42 Å². The fraction of sp³-hybridized carbons (Fsp3) is 0. The van der Waals surface area contributed by atoms with E-state index < -0.39 is 0 Å². The lowest BCUT2D eigenvalue weighted by molar-refractivity contribution is 0.654. The van der Waals surface area contributed by atoms with Crippen LogP contribution in [0.4, 0.5) is 0 Å². The van der Waals surface area contributed by atoms with Crippen molar-refractivity contribution in [2.24, 2.45) is 0 Å². The Bertz CT molecular complexity index is 1910. The quantitative estimate of drug-likeness (QED) is 0.254. The normalized spacial score (nSPS) is 11.5. The standard InChI is InChI=1S/C30H17ClN4O/c31-30-34-27(22-13-12-20-16-19(10-11-21(20)17-22)18-6-2-1-3-7-18)33-28(35-30)24-14-15-32-29-26(24)23-8-4-5-9-25(23)36-29/h1-17H. The van der Waals surface area contributed by atoms with Gasteiger partial charge in [-0.2, -0.15) is 9.97 Å². The lowest BCUT2D eigenvalue weighted by atomic mass is 10.00. The van der Waals surface area contributed by atoms with Crippen molar-refractivity contribution in [1.29, 1.82) is 0 Å². The topological polar surface area (TPSA) is 64.7 Å². The zero-order chi connectivity index (χ0) is 24.1. The van der Waals surface area contributed by atoms with Crippen LogP contribution in [-0.4, -0.2) is 19.9 Å². The van der Waals surface area contributed by atoms with Crippen LogP contribution in [0.3, 0.4) is 0 Å². The predicted octanol–water partition coefficient (Wildman–Crippen LogP) is 7.97. The summed E-state index contributed by atoms with van der Waals surface area (Å²) in [5, 5.41) is 4.17. The maximum atomic E-state index is 6.40. The van der Waals surface area contributed by atoms with Gasteiger partial charge >= 0.3 is 0 Å². The average molecular weight is 485 g/mol. The third kappa shape index (κ3) is 3.49. The highest BCUT2D eigenvalue weighted by molar-refractivity contribution is 6.28. The second-order valence-corrected chi connectivity index (χ2v) is 8.87. The minimum Gasteiger partial charge on any atom is -0.438 e. The van der Waals surface area contributed by atoms with E-state index in [9.17, 15) is 0 Å². The molecule has 7 aromatic rings. The Labute approximate surface area is 211 Å². The van der Waals surface area contributed by atoms with Crippen LogP contribution in [0.25, 0.3) is 66.7 Å². The summed E-state index contributed by atoms with van der Waals surface area (Å²) in [5.41, 5.74) is 5.32. The maximum Gasteiger partial charge on any atom is 0.228 e. The van der Waals surface area contributed by atoms with Gasteiger partial charge in [-0.05, 0) is 57.8 Å². The fourth-order valence-corrected chi connectivity index (χ4v) is 4.79. The number of nitrogens with zero attached hydrogens (tertiary/aromatic N) is 4. The van der Waals surface area contributed by atoms with Crippen LogP contribution in [0.5, 0.6) is 0 Å². The molecule has 0 bridgehead atoms. The molecule has 0 N–H and O–H groups in total. The SMILES string of the molecule is Clc1nc(-c2ccc3cc(-c4ccccc4)ccc3c2)nc(-c2ccnc3oc4ccccc4c23)n1. The molecule has 0 aliphatic heterocycles. The van der Waals surface area contributed by atoms with Crippen LogP contribution in [-0.2, 0) is 0 Å². The predicted molar refractivity (Wildman–Crippen MR) is 144 cm³/mol. The first kappa shape index (κ1) is 20.7. The van der Waals surface area contributed by atoms with Crippen molar-refractivity contribution >= 4 is 44.4 Å². The van der Waals surface area contributed by atoms with Gasteiger partial charge in [-0.3, -0.25) is 0 Å². The molecule has 0 radical (unpaired) electrons. The van der Waals surface area contributed by atoms with Gasteiger partial charge in [-0.25, -0.2) is 9.97 Å². The summed E-state index contributed by atoms with van der Waals surface area (Å²) in [6, 6.07) is 32.7. The largest absolute Gasteiger partial charge is 0.438 e. The summed E-state index contributed by atoms with van der Waals surface area (Å²) in [4.78, 5) is 18.1. The van der Waals surface area contributed by atoms with Gasteiger partial charge in [0.15, 0.2) is 11.6 Å². The van der Waals surface area contributed by atoms with Crippen molar-refractivity contribution in [3.05, 3.63) is 109 Å². The molecule has 0 spiro atoms. The van der Waals surface area contributed by atoms with E-state index in [-0.39, 0.29) is 5.28 Å². The molecule has 36 heavy (non-hydrogen) atoms. The number of aromatic nitrogens is 4. The molecule has 3 heterocycles. The van der Waals surface area contributed by atoms with Crippen LogP contribution in [0.2, 0.25) is 5.28 Å². The van der Waals surface area contributed by atoms with Gasteiger partial charge in [0, 0.05) is 22.7 Å². The highest BCUT2D eigenvalue weighted by atomic mass is 35.5. The van der Waals surface area contributed by atoms with E-state index in [0.717, 1.165) is 38.3 Å². The molecular formula is C30H17ClN4O. The number of pyridine rings is 1. The molecule has 7 rings (SSSR count). The number of hydrogen-bond donors (Lipinski definition) is 0. The Morgan fingerprint density at radius 2 is 1.33 bits per heavy atom. The van der Waals surface area contributed by atoms with E-state index in [0.29, 0.717) is 17.4 Å². The van der Waals surface area contributed by atoms with Crippen molar-refractivity contribution in [1.82, 2.24) is 19.9 Å². The maximum absolute atomic E-state index is 6.40. The summed E-state index contributed by atoms with van der Waals surface area (Å²) in [6.07, 6.45) is 1.69.